The second-order valence-corrected chi connectivity index (χ2v) is 6.58. The molecule has 0 atom stereocenters. The minimum Gasteiger partial charge on any atom is -0.369 e. The normalized spacial score (nSPS) is 15.0. The lowest BCUT2D eigenvalue weighted by Crippen LogP contribution is -2.44. The SMILES string of the molecule is Cc1cc(N2CCN(C)CC2)ccc1NC(=O)NCc1ccccc1. The van der Waals surface area contributed by atoms with Crippen molar-refractivity contribution in [3.63, 3.8) is 0 Å². The zero-order valence-corrected chi connectivity index (χ0v) is 15.0. The van der Waals surface area contributed by atoms with Gasteiger partial charge in [-0.3, -0.25) is 0 Å². The van der Waals surface area contributed by atoms with E-state index in [1.807, 2.05) is 43.3 Å². The molecule has 1 fully saturated rings. The van der Waals surface area contributed by atoms with Crippen LogP contribution >= 0.6 is 0 Å². The predicted octanol–water partition coefficient (Wildman–Crippen LogP) is 3.07. The molecule has 0 spiro atoms. The van der Waals surface area contributed by atoms with E-state index in [2.05, 4.69) is 39.6 Å². The molecule has 0 aliphatic carbocycles. The number of hydrogen-bond donors (Lipinski definition) is 2. The molecule has 5 nitrogen and oxygen atoms in total. The summed E-state index contributed by atoms with van der Waals surface area (Å²) < 4.78 is 0. The average Bonchev–Trinajstić information content (AvgIpc) is 2.63. The first kappa shape index (κ1) is 17.3. The van der Waals surface area contributed by atoms with Gasteiger partial charge < -0.3 is 20.4 Å². The Bertz CT molecular complexity index is 709. The lowest BCUT2D eigenvalue weighted by Gasteiger charge is -2.34. The number of aryl methyl sites for hydroxylation is 1. The van der Waals surface area contributed by atoms with Crippen molar-refractivity contribution < 1.29 is 4.79 Å². The molecule has 2 aromatic carbocycles. The van der Waals surface area contributed by atoms with Gasteiger partial charge in [0.1, 0.15) is 0 Å². The van der Waals surface area contributed by atoms with Gasteiger partial charge in [-0.25, -0.2) is 4.79 Å². The van der Waals surface area contributed by atoms with Crippen LogP contribution in [-0.2, 0) is 6.54 Å². The summed E-state index contributed by atoms with van der Waals surface area (Å²) in [5.74, 6) is 0. The van der Waals surface area contributed by atoms with Gasteiger partial charge in [0.25, 0.3) is 0 Å². The van der Waals surface area contributed by atoms with E-state index in [0.717, 1.165) is 43.0 Å². The number of urea groups is 1. The van der Waals surface area contributed by atoms with Crippen LogP contribution in [0.3, 0.4) is 0 Å². The van der Waals surface area contributed by atoms with Crippen molar-refractivity contribution in [3.8, 4) is 0 Å². The minimum atomic E-state index is -0.181. The van der Waals surface area contributed by atoms with Crippen LogP contribution in [0.15, 0.2) is 48.5 Å². The maximum Gasteiger partial charge on any atom is 0.319 e. The molecular weight excluding hydrogens is 312 g/mol. The zero-order chi connectivity index (χ0) is 17.6. The predicted molar refractivity (Wildman–Crippen MR) is 103 cm³/mol. The average molecular weight is 338 g/mol. The highest BCUT2D eigenvalue weighted by Crippen LogP contribution is 2.23. The molecule has 2 aromatic rings. The number of rotatable bonds is 4. The number of nitrogens with one attached hydrogen (secondary N) is 2. The third-order valence-corrected chi connectivity index (χ3v) is 4.62. The van der Waals surface area contributed by atoms with Gasteiger partial charge in [0.2, 0.25) is 0 Å². The monoisotopic (exact) mass is 338 g/mol. The number of benzene rings is 2. The van der Waals surface area contributed by atoms with Crippen LogP contribution in [0.2, 0.25) is 0 Å². The molecule has 1 saturated heterocycles. The first-order valence-corrected chi connectivity index (χ1v) is 8.75. The Morgan fingerprint density at radius 1 is 1.04 bits per heavy atom. The molecule has 1 aliphatic heterocycles. The van der Waals surface area contributed by atoms with Crippen LogP contribution in [-0.4, -0.2) is 44.2 Å². The van der Waals surface area contributed by atoms with Gasteiger partial charge in [0, 0.05) is 44.1 Å². The Balaban J connectivity index is 1.56. The lowest BCUT2D eigenvalue weighted by atomic mass is 10.1. The van der Waals surface area contributed by atoms with E-state index in [4.69, 9.17) is 0 Å². The van der Waals surface area contributed by atoms with Crippen LogP contribution in [0, 0.1) is 6.92 Å². The van der Waals surface area contributed by atoms with Crippen molar-refractivity contribution in [1.29, 1.82) is 0 Å². The summed E-state index contributed by atoms with van der Waals surface area (Å²) in [6.45, 7) is 6.81. The highest BCUT2D eigenvalue weighted by Gasteiger charge is 2.15. The third kappa shape index (κ3) is 4.73. The zero-order valence-electron chi connectivity index (χ0n) is 15.0. The quantitative estimate of drug-likeness (QED) is 0.901. The summed E-state index contributed by atoms with van der Waals surface area (Å²) in [5, 5.41) is 5.83. The van der Waals surface area contributed by atoms with Gasteiger partial charge in [-0.1, -0.05) is 30.3 Å². The van der Waals surface area contributed by atoms with E-state index in [1.54, 1.807) is 0 Å². The van der Waals surface area contributed by atoms with Gasteiger partial charge in [-0.2, -0.15) is 0 Å². The molecule has 0 aromatic heterocycles. The molecule has 0 bridgehead atoms. The number of piperazine rings is 1. The second-order valence-electron chi connectivity index (χ2n) is 6.58. The minimum absolute atomic E-state index is 0.181. The Morgan fingerprint density at radius 2 is 1.76 bits per heavy atom. The fourth-order valence-electron chi connectivity index (χ4n) is 2.99. The molecule has 25 heavy (non-hydrogen) atoms. The van der Waals surface area contributed by atoms with Gasteiger partial charge in [0.05, 0.1) is 0 Å². The maximum atomic E-state index is 12.1. The van der Waals surface area contributed by atoms with E-state index in [9.17, 15) is 4.79 Å². The first-order valence-electron chi connectivity index (χ1n) is 8.75. The molecule has 132 valence electrons. The summed E-state index contributed by atoms with van der Waals surface area (Å²) >= 11 is 0. The van der Waals surface area contributed by atoms with Crippen molar-refractivity contribution in [1.82, 2.24) is 10.2 Å². The number of hydrogen-bond acceptors (Lipinski definition) is 3. The van der Waals surface area contributed by atoms with Crippen molar-refractivity contribution >= 4 is 17.4 Å². The Morgan fingerprint density at radius 3 is 2.44 bits per heavy atom. The molecular formula is C20H26N4O. The van der Waals surface area contributed by atoms with E-state index in [-0.39, 0.29) is 6.03 Å². The van der Waals surface area contributed by atoms with E-state index in [0.29, 0.717) is 6.54 Å². The number of amides is 2. The molecule has 3 rings (SSSR count). The van der Waals surface area contributed by atoms with Gasteiger partial charge in [-0.05, 0) is 43.3 Å². The molecule has 0 radical (unpaired) electrons. The van der Waals surface area contributed by atoms with Crippen molar-refractivity contribution in [2.24, 2.45) is 0 Å². The summed E-state index contributed by atoms with van der Waals surface area (Å²) in [6.07, 6.45) is 0. The Labute approximate surface area is 149 Å². The van der Waals surface area contributed by atoms with Crippen molar-refractivity contribution in [3.05, 3.63) is 59.7 Å². The van der Waals surface area contributed by atoms with Crippen LogP contribution in [0.4, 0.5) is 16.2 Å². The summed E-state index contributed by atoms with van der Waals surface area (Å²) in [7, 11) is 2.16. The van der Waals surface area contributed by atoms with Crippen LogP contribution < -0.4 is 15.5 Å². The lowest BCUT2D eigenvalue weighted by molar-refractivity contribution is 0.251. The van der Waals surface area contributed by atoms with E-state index in [1.165, 1.54) is 5.69 Å². The molecule has 2 amide bonds. The fourth-order valence-corrected chi connectivity index (χ4v) is 2.99. The highest BCUT2D eigenvalue weighted by molar-refractivity contribution is 5.90. The Hall–Kier alpha value is -2.53. The Kier molecular flexibility index (Phi) is 5.56. The molecule has 0 saturated carbocycles. The molecule has 2 N–H and O–H groups in total. The molecule has 1 aliphatic rings. The summed E-state index contributed by atoms with van der Waals surface area (Å²) in [4.78, 5) is 16.9. The van der Waals surface area contributed by atoms with Crippen LogP contribution in [0.1, 0.15) is 11.1 Å². The molecule has 1 heterocycles. The maximum absolute atomic E-state index is 12.1. The largest absolute Gasteiger partial charge is 0.369 e. The topological polar surface area (TPSA) is 47.6 Å². The van der Waals surface area contributed by atoms with Gasteiger partial charge in [0.15, 0.2) is 0 Å². The third-order valence-electron chi connectivity index (χ3n) is 4.62. The first-order chi connectivity index (χ1) is 12.1. The standard InChI is InChI=1S/C20H26N4O/c1-16-14-18(24-12-10-23(2)11-13-24)8-9-19(16)22-20(25)21-15-17-6-4-3-5-7-17/h3-9,14H,10-13,15H2,1-2H3,(H2,21,22,25). The van der Waals surface area contributed by atoms with Crippen LogP contribution in [0.25, 0.3) is 0 Å². The fraction of sp³-hybridized carbons (Fsp3) is 0.350. The van der Waals surface area contributed by atoms with Crippen molar-refractivity contribution in [2.75, 3.05) is 43.4 Å². The number of anilines is 2. The van der Waals surface area contributed by atoms with E-state index >= 15 is 0 Å². The van der Waals surface area contributed by atoms with Gasteiger partial charge in [-0.15, -0.1) is 0 Å². The number of carbonyl (C=O) groups is 1. The summed E-state index contributed by atoms with van der Waals surface area (Å²) in [5.41, 5.74) is 4.23. The van der Waals surface area contributed by atoms with Gasteiger partial charge >= 0.3 is 6.03 Å². The molecule has 5 heteroatoms. The smallest absolute Gasteiger partial charge is 0.319 e. The molecule has 0 unspecified atom stereocenters. The number of likely N-dealkylation sites (N-methyl/N-ethyl adjacent to an activating group) is 1. The van der Waals surface area contributed by atoms with Crippen molar-refractivity contribution in [2.45, 2.75) is 13.5 Å². The highest BCUT2D eigenvalue weighted by atomic mass is 16.2. The summed E-state index contributed by atoms with van der Waals surface area (Å²) in [6, 6.07) is 15.9. The number of carbonyl (C=O) groups excluding carboxylic acids is 1. The number of nitrogens with zero attached hydrogens (tertiary/aromatic N) is 2. The second kappa shape index (κ2) is 8.03. The van der Waals surface area contributed by atoms with Crippen LogP contribution in [0.5, 0.6) is 0 Å². The van der Waals surface area contributed by atoms with E-state index < -0.39 is 0 Å².